The Morgan fingerprint density at radius 1 is 1.26 bits per heavy atom. The van der Waals surface area contributed by atoms with Crippen LogP contribution in [0.2, 0.25) is 0 Å². The molecule has 5 rings (SSSR count). The van der Waals surface area contributed by atoms with Gasteiger partial charge in [0, 0.05) is 18.7 Å². The van der Waals surface area contributed by atoms with Gasteiger partial charge in [-0.1, -0.05) is 12.1 Å². The van der Waals surface area contributed by atoms with Gasteiger partial charge in [-0.05, 0) is 29.0 Å². The van der Waals surface area contributed by atoms with Crippen LogP contribution in [-0.2, 0) is 16.6 Å². The van der Waals surface area contributed by atoms with Gasteiger partial charge >= 0.3 is 6.09 Å². The monoisotopic (exact) mass is 421 g/mol. The van der Waals surface area contributed by atoms with Crippen LogP contribution in [0.15, 0.2) is 36.5 Å². The van der Waals surface area contributed by atoms with Crippen molar-refractivity contribution in [3.8, 4) is 28.4 Å². The first-order valence-corrected chi connectivity index (χ1v) is 9.71. The number of fused-ring (bicyclic) bond motifs is 3. The zero-order valence-electron chi connectivity index (χ0n) is 16.8. The highest BCUT2D eigenvalue weighted by atomic mass is 16.6. The number of pyridine rings is 1. The molecule has 2 atom stereocenters. The molecule has 31 heavy (non-hydrogen) atoms. The molecule has 4 heterocycles. The van der Waals surface area contributed by atoms with E-state index in [-0.39, 0.29) is 25.1 Å². The maximum Gasteiger partial charge on any atom is 0.415 e. The number of benzene rings is 1. The quantitative estimate of drug-likeness (QED) is 0.666. The smallest absolute Gasteiger partial charge is 0.415 e. The van der Waals surface area contributed by atoms with E-state index in [2.05, 4.69) is 25.7 Å². The molecule has 3 aromatic rings. The second-order valence-electron chi connectivity index (χ2n) is 7.32. The molecule has 1 fully saturated rings. The third-order valence-corrected chi connectivity index (χ3v) is 5.23. The first kappa shape index (κ1) is 19.0. The molecule has 1 saturated heterocycles. The first-order valence-electron chi connectivity index (χ1n) is 9.71. The molecule has 2 aromatic heterocycles. The summed E-state index contributed by atoms with van der Waals surface area (Å²) in [6.07, 6.45) is 0.822. The van der Waals surface area contributed by atoms with Crippen LogP contribution in [0.3, 0.4) is 0 Å². The topological polar surface area (TPSA) is 124 Å². The number of carbonyl (C=O) groups excluding carboxylic acids is 2. The number of hydrogen-bond donors (Lipinski definition) is 1. The van der Waals surface area contributed by atoms with E-state index < -0.39 is 12.2 Å². The molecule has 11 nitrogen and oxygen atoms in total. The van der Waals surface area contributed by atoms with E-state index in [0.717, 1.165) is 11.1 Å². The van der Waals surface area contributed by atoms with Crippen molar-refractivity contribution < 1.29 is 19.1 Å². The van der Waals surface area contributed by atoms with E-state index in [9.17, 15) is 9.59 Å². The fraction of sp³-hybridized carbons (Fsp3) is 0.300. The average Bonchev–Trinajstić information content (AvgIpc) is 3.35. The summed E-state index contributed by atoms with van der Waals surface area (Å²) in [6, 6.07) is 9.05. The molecule has 0 radical (unpaired) electrons. The van der Waals surface area contributed by atoms with Crippen molar-refractivity contribution in [2.75, 3.05) is 18.1 Å². The van der Waals surface area contributed by atoms with Crippen LogP contribution in [0.1, 0.15) is 6.92 Å². The summed E-state index contributed by atoms with van der Waals surface area (Å²) in [5.74, 6) is 0.867. The van der Waals surface area contributed by atoms with Crippen molar-refractivity contribution in [2.45, 2.75) is 19.1 Å². The van der Waals surface area contributed by atoms with Crippen molar-refractivity contribution >= 4 is 17.7 Å². The number of anilines is 1. The maximum absolute atomic E-state index is 12.5. The molecule has 0 saturated carbocycles. The van der Waals surface area contributed by atoms with Crippen LogP contribution in [0.4, 0.5) is 10.5 Å². The SMILES string of the molecule is CC(=O)NCC1OC(=O)N2c3ccc(-c4ccc(-c5nnn(C)n5)nc4)cc3OCC12. The molecule has 0 aliphatic carbocycles. The lowest BCUT2D eigenvalue weighted by atomic mass is 10.0. The third-order valence-electron chi connectivity index (χ3n) is 5.23. The van der Waals surface area contributed by atoms with Crippen LogP contribution >= 0.6 is 0 Å². The second kappa shape index (κ2) is 7.35. The highest BCUT2D eigenvalue weighted by Crippen LogP contribution is 2.41. The summed E-state index contributed by atoms with van der Waals surface area (Å²) >= 11 is 0. The van der Waals surface area contributed by atoms with Crippen LogP contribution in [-0.4, -0.2) is 62.5 Å². The van der Waals surface area contributed by atoms with Crippen molar-refractivity contribution in [3.05, 3.63) is 36.5 Å². The average molecular weight is 421 g/mol. The fourth-order valence-corrected chi connectivity index (χ4v) is 3.71. The molecular weight excluding hydrogens is 402 g/mol. The number of aryl methyl sites for hydroxylation is 1. The van der Waals surface area contributed by atoms with Crippen LogP contribution in [0.25, 0.3) is 22.6 Å². The van der Waals surface area contributed by atoms with Gasteiger partial charge < -0.3 is 14.8 Å². The molecule has 1 aromatic carbocycles. The molecular formula is C20H19N7O4. The Labute approximate surface area is 177 Å². The predicted octanol–water partition coefficient (Wildman–Crippen LogP) is 1.16. The highest BCUT2D eigenvalue weighted by Gasteiger charge is 2.46. The summed E-state index contributed by atoms with van der Waals surface area (Å²) in [4.78, 5) is 31.1. The lowest BCUT2D eigenvalue weighted by Gasteiger charge is -2.31. The fourth-order valence-electron chi connectivity index (χ4n) is 3.71. The normalized spacial score (nSPS) is 19.3. The van der Waals surface area contributed by atoms with Gasteiger partial charge in [0.05, 0.1) is 19.3 Å². The lowest BCUT2D eigenvalue weighted by Crippen LogP contribution is -2.47. The van der Waals surface area contributed by atoms with Crippen LogP contribution in [0.5, 0.6) is 5.75 Å². The van der Waals surface area contributed by atoms with Crippen molar-refractivity contribution in [1.82, 2.24) is 30.5 Å². The number of hydrogen-bond acceptors (Lipinski definition) is 8. The highest BCUT2D eigenvalue weighted by molar-refractivity contribution is 5.94. The number of carbonyl (C=O) groups is 2. The summed E-state index contributed by atoms with van der Waals surface area (Å²) in [5.41, 5.74) is 3.04. The minimum Gasteiger partial charge on any atom is -0.489 e. The van der Waals surface area contributed by atoms with Crippen LogP contribution < -0.4 is 15.0 Å². The molecule has 2 aliphatic heterocycles. The van der Waals surface area contributed by atoms with Crippen molar-refractivity contribution in [3.63, 3.8) is 0 Å². The summed E-state index contributed by atoms with van der Waals surface area (Å²) in [7, 11) is 1.70. The van der Waals surface area contributed by atoms with Gasteiger partial charge in [0.1, 0.15) is 30.2 Å². The lowest BCUT2D eigenvalue weighted by molar-refractivity contribution is -0.119. The van der Waals surface area contributed by atoms with E-state index in [4.69, 9.17) is 9.47 Å². The molecule has 2 amide bonds. The van der Waals surface area contributed by atoms with E-state index in [0.29, 0.717) is 23.0 Å². The zero-order valence-corrected chi connectivity index (χ0v) is 16.8. The van der Waals surface area contributed by atoms with Gasteiger partial charge in [-0.15, -0.1) is 10.2 Å². The van der Waals surface area contributed by atoms with Crippen molar-refractivity contribution in [1.29, 1.82) is 0 Å². The number of amides is 2. The molecule has 11 heteroatoms. The number of cyclic esters (lactones) is 1. The Bertz CT molecular complexity index is 1160. The van der Waals surface area contributed by atoms with Gasteiger partial charge in [0.15, 0.2) is 0 Å². The van der Waals surface area contributed by atoms with E-state index >= 15 is 0 Å². The molecule has 158 valence electrons. The van der Waals surface area contributed by atoms with Gasteiger partial charge in [0.25, 0.3) is 0 Å². The first-order chi connectivity index (χ1) is 15.0. The van der Waals surface area contributed by atoms with E-state index in [1.807, 2.05) is 30.3 Å². The molecule has 1 N–H and O–H groups in total. The standard InChI is InChI=1S/C20H19N7O4/c1-11(28)21-9-18-16-10-30-17-7-12(4-6-15(17)27(16)20(29)31-18)13-3-5-14(22-8-13)19-23-25-26(2)24-19/h3-8,16,18H,9-10H2,1-2H3,(H,21,28). The molecule has 2 aliphatic rings. The number of aromatic nitrogens is 5. The Kier molecular flexibility index (Phi) is 4.50. The number of tetrazole rings is 1. The van der Waals surface area contributed by atoms with Gasteiger partial charge in [-0.3, -0.25) is 14.7 Å². The summed E-state index contributed by atoms with van der Waals surface area (Å²) in [6.45, 7) is 1.95. The maximum atomic E-state index is 12.5. The second-order valence-corrected chi connectivity index (χ2v) is 7.32. The number of ether oxygens (including phenoxy) is 2. The van der Waals surface area contributed by atoms with Gasteiger partial charge in [-0.2, -0.15) is 4.80 Å². The molecule has 2 unspecified atom stereocenters. The Balaban J connectivity index is 1.38. The summed E-state index contributed by atoms with van der Waals surface area (Å²) in [5, 5.41) is 14.6. The number of nitrogens with zero attached hydrogens (tertiary/aromatic N) is 6. The molecule has 0 spiro atoms. The number of nitrogens with one attached hydrogen (secondary N) is 1. The van der Waals surface area contributed by atoms with E-state index in [1.165, 1.54) is 11.7 Å². The number of rotatable bonds is 4. The Morgan fingerprint density at radius 2 is 2.10 bits per heavy atom. The summed E-state index contributed by atoms with van der Waals surface area (Å²) < 4.78 is 11.4. The predicted molar refractivity (Wildman–Crippen MR) is 108 cm³/mol. The molecule has 0 bridgehead atoms. The van der Waals surface area contributed by atoms with Crippen molar-refractivity contribution in [2.24, 2.45) is 7.05 Å². The van der Waals surface area contributed by atoms with Crippen LogP contribution in [0, 0.1) is 0 Å². The van der Waals surface area contributed by atoms with Gasteiger partial charge in [-0.25, -0.2) is 4.79 Å². The Morgan fingerprint density at radius 3 is 2.81 bits per heavy atom. The third kappa shape index (κ3) is 3.43. The minimum absolute atomic E-state index is 0.175. The van der Waals surface area contributed by atoms with Gasteiger partial charge in [0.2, 0.25) is 11.7 Å². The largest absolute Gasteiger partial charge is 0.489 e. The minimum atomic E-state index is -0.462. The van der Waals surface area contributed by atoms with E-state index in [1.54, 1.807) is 18.1 Å². The zero-order chi connectivity index (χ0) is 21.5. The Hall–Kier alpha value is -4.02.